The van der Waals surface area contributed by atoms with E-state index in [-0.39, 0.29) is 5.91 Å². The molecule has 1 aliphatic rings. The van der Waals surface area contributed by atoms with E-state index >= 15 is 0 Å². The van der Waals surface area contributed by atoms with Gasteiger partial charge in [0.15, 0.2) is 11.7 Å². The lowest BCUT2D eigenvalue weighted by Crippen LogP contribution is -2.53. The van der Waals surface area contributed by atoms with E-state index in [4.69, 9.17) is 9.41 Å². The van der Waals surface area contributed by atoms with Crippen LogP contribution in [0.5, 0.6) is 0 Å². The van der Waals surface area contributed by atoms with E-state index < -0.39 is 0 Å². The average Bonchev–Trinajstić information content (AvgIpc) is 3.42. The lowest BCUT2D eigenvalue weighted by molar-refractivity contribution is 0.0657. The quantitative estimate of drug-likeness (QED) is 0.528. The van der Waals surface area contributed by atoms with Gasteiger partial charge in [0, 0.05) is 58.1 Å². The maximum atomic E-state index is 12.4. The molecule has 1 N–H and O–H groups in total. The maximum Gasteiger partial charge on any atom is 0.289 e. The topological polar surface area (TPSA) is 78.4 Å². The monoisotopic (exact) mass is 394 g/mol. The highest BCUT2D eigenvalue weighted by Crippen LogP contribution is 2.10. The molecular weight excluding hydrogens is 368 g/mol. The molecule has 152 valence electrons. The van der Waals surface area contributed by atoms with Crippen molar-refractivity contribution in [1.29, 1.82) is 0 Å². The number of nitrogens with one attached hydrogen (secondary N) is 1. The van der Waals surface area contributed by atoms with E-state index in [1.165, 1.54) is 6.26 Å². The van der Waals surface area contributed by atoms with Gasteiger partial charge in [-0.2, -0.15) is 0 Å². The van der Waals surface area contributed by atoms with Crippen molar-refractivity contribution in [2.75, 3.05) is 39.3 Å². The molecule has 8 heteroatoms. The Morgan fingerprint density at radius 2 is 2.00 bits per heavy atom. The lowest BCUT2D eigenvalue weighted by Gasteiger charge is -2.36. The summed E-state index contributed by atoms with van der Waals surface area (Å²) < 4.78 is 7.26. The normalized spacial score (nSPS) is 15.1. The van der Waals surface area contributed by atoms with Crippen LogP contribution in [0.4, 0.5) is 0 Å². The fourth-order valence-electron chi connectivity index (χ4n) is 3.49. The van der Waals surface area contributed by atoms with Crippen LogP contribution >= 0.6 is 0 Å². The van der Waals surface area contributed by atoms with E-state index in [2.05, 4.69) is 28.3 Å². The number of piperazine rings is 1. The van der Waals surface area contributed by atoms with Crippen molar-refractivity contribution in [2.24, 2.45) is 4.99 Å². The smallest absolute Gasteiger partial charge is 0.289 e. The highest BCUT2D eigenvalue weighted by molar-refractivity contribution is 5.91. The number of hydrogen-bond donors (Lipinski definition) is 1. The Balaban J connectivity index is 1.34. The molecular formula is C21H26N6O2. The Hall–Kier alpha value is -3.29. The molecule has 3 aromatic rings. The van der Waals surface area contributed by atoms with E-state index in [9.17, 15) is 4.79 Å². The molecule has 1 aliphatic heterocycles. The van der Waals surface area contributed by atoms with Crippen LogP contribution in [0.15, 0.2) is 58.4 Å². The summed E-state index contributed by atoms with van der Waals surface area (Å²) in [6.45, 7) is 6.32. The minimum Gasteiger partial charge on any atom is -0.459 e. The van der Waals surface area contributed by atoms with Crippen LogP contribution in [0, 0.1) is 0 Å². The van der Waals surface area contributed by atoms with E-state index in [0.29, 0.717) is 25.4 Å². The van der Waals surface area contributed by atoms with Gasteiger partial charge in [0.1, 0.15) is 5.65 Å². The SMILES string of the molecule is CCNC(=NCCc1cn2ccccc2n1)N1CCN(C(=O)c2ccco2)CC1. The van der Waals surface area contributed by atoms with E-state index in [0.717, 1.165) is 43.4 Å². The molecule has 0 radical (unpaired) electrons. The number of carbonyl (C=O) groups is 1. The summed E-state index contributed by atoms with van der Waals surface area (Å²) in [5.74, 6) is 1.23. The summed E-state index contributed by atoms with van der Waals surface area (Å²) >= 11 is 0. The van der Waals surface area contributed by atoms with Gasteiger partial charge < -0.3 is 23.9 Å². The molecule has 4 heterocycles. The highest BCUT2D eigenvalue weighted by atomic mass is 16.3. The first-order valence-electron chi connectivity index (χ1n) is 10.0. The number of fused-ring (bicyclic) bond motifs is 1. The predicted octanol–water partition coefficient (Wildman–Crippen LogP) is 1.89. The third kappa shape index (κ3) is 4.42. The van der Waals surface area contributed by atoms with Crippen molar-refractivity contribution in [1.82, 2.24) is 24.5 Å². The second-order valence-electron chi connectivity index (χ2n) is 6.94. The number of amides is 1. The second kappa shape index (κ2) is 8.81. The molecule has 0 atom stereocenters. The average molecular weight is 394 g/mol. The zero-order valence-electron chi connectivity index (χ0n) is 16.6. The molecule has 1 fully saturated rings. The highest BCUT2D eigenvalue weighted by Gasteiger charge is 2.25. The maximum absolute atomic E-state index is 12.4. The van der Waals surface area contributed by atoms with Gasteiger partial charge in [-0.05, 0) is 31.2 Å². The molecule has 29 heavy (non-hydrogen) atoms. The number of furan rings is 1. The largest absolute Gasteiger partial charge is 0.459 e. The van der Waals surface area contributed by atoms with Crippen LogP contribution in [-0.4, -0.2) is 70.3 Å². The molecule has 0 spiro atoms. The van der Waals surface area contributed by atoms with Gasteiger partial charge in [0.05, 0.1) is 12.0 Å². The molecule has 1 saturated heterocycles. The summed E-state index contributed by atoms with van der Waals surface area (Å²) in [5.41, 5.74) is 1.99. The summed E-state index contributed by atoms with van der Waals surface area (Å²) in [4.78, 5) is 25.9. The van der Waals surface area contributed by atoms with Crippen LogP contribution in [0.25, 0.3) is 5.65 Å². The fourth-order valence-corrected chi connectivity index (χ4v) is 3.49. The molecule has 3 aromatic heterocycles. The van der Waals surface area contributed by atoms with Crippen LogP contribution < -0.4 is 5.32 Å². The summed E-state index contributed by atoms with van der Waals surface area (Å²) in [5, 5.41) is 3.37. The number of imidazole rings is 1. The molecule has 1 amide bonds. The Morgan fingerprint density at radius 1 is 1.17 bits per heavy atom. The van der Waals surface area contributed by atoms with Crippen molar-refractivity contribution < 1.29 is 9.21 Å². The molecule has 0 bridgehead atoms. The van der Waals surface area contributed by atoms with Crippen molar-refractivity contribution in [2.45, 2.75) is 13.3 Å². The van der Waals surface area contributed by atoms with Gasteiger partial charge in [-0.1, -0.05) is 6.07 Å². The Bertz CT molecular complexity index is 937. The first-order chi connectivity index (χ1) is 14.2. The second-order valence-corrected chi connectivity index (χ2v) is 6.94. The van der Waals surface area contributed by atoms with Crippen molar-refractivity contribution in [3.8, 4) is 0 Å². The van der Waals surface area contributed by atoms with E-state index in [1.807, 2.05) is 33.7 Å². The number of guanidine groups is 1. The summed E-state index contributed by atoms with van der Waals surface area (Å²) in [7, 11) is 0. The van der Waals surface area contributed by atoms with Gasteiger partial charge in [-0.15, -0.1) is 0 Å². The number of aliphatic imine (C=N–C) groups is 1. The van der Waals surface area contributed by atoms with Gasteiger partial charge in [0.2, 0.25) is 0 Å². The summed E-state index contributed by atoms with van der Waals surface area (Å²) in [6, 6.07) is 9.43. The number of nitrogens with zero attached hydrogens (tertiary/aromatic N) is 5. The molecule has 4 rings (SSSR count). The lowest BCUT2D eigenvalue weighted by atomic mass is 10.3. The standard InChI is InChI=1S/C21H26N6O2/c1-2-22-21(23-9-8-17-16-27-10-4-3-7-19(27)24-17)26-13-11-25(12-14-26)20(28)18-6-5-15-29-18/h3-7,10,15-16H,2,8-9,11-14H2,1H3,(H,22,23). The number of carbonyl (C=O) groups excluding carboxylic acids is 1. The van der Waals surface area contributed by atoms with Gasteiger partial charge in [0.25, 0.3) is 5.91 Å². The van der Waals surface area contributed by atoms with Gasteiger partial charge >= 0.3 is 0 Å². The molecule has 0 aromatic carbocycles. The number of pyridine rings is 1. The van der Waals surface area contributed by atoms with Gasteiger partial charge in [-0.25, -0.2) is 4.98 Å². The Labute approximate surface area is 169 Å². The Morgan fingerprint density at radius 3 is 2.72 bits per heavy atom. The minimum atomic E-state index is -0.0524. The first kappa shape index (κ1) is 19.0. The van der Waals surface area contributed by atoms with Crippen molar-refractivity contribution in [3.63, 3.8) is 0 Å². The third-order valence-corrected chi connectivity index (χ3v) is 4.98. The number of hydrogen-bond acceptors (Lipinski definition) is 4. The molecule has 8 nitrogen and oxygen atoms in total. The van der Waals surface area contributed by atoms with E-state index in [1.54, 1.807) is 12.1 Å². The fraction of sp³-hybridized carbons (Fsp3) is 0.381. The van der Waals surface area contributed by atoms with Crippen LogP contribution in [0.1, 0.15) is 23.2 Å². The minimum absolute atomic E-state index is 0.0524. The van der Waals surface area contributed by atoms with Crippen LogP contribution in [-0.2, 0) is 6.42 Å². The van der Waals surface area contributed by atoms with Crippen molar-refractivity contribution in [3.05, 3.63) is 60.4 Å². The molecule has 0 saturated carbocycles. The first-order valence-corrected chi connectivity index (χ1v) is 10.0. The Kier molecular flexibility index (Phi) is 5.79. The third-order valence-electron chi connectivity index (χ3n) is 4.98. The predicted molar refractivity (Wildman–Crippen MR) is 111 cm³/mol. The zero-order chi connectivity index (χ0) is 20.1. The number of rotatable bonds is 5. The summed E-state index contributed by atoms with van der Waals surface area (Å²) in [6.07, 6.45) is 6.37. The zero-order valence-corrected chi connectivity index (χ0v) is 16.6. The van der Waals surface area contributed by atoms with Crippen molar-refractivity contribution >= 4 is 17.5 Å². The number of aromatic nitrogens is 2. The molecule has 0 aliphatic carbocycles. The van der Waals surface area contributed by atoms with Crippen LogP contribution in [0.2, 0.25) is 0 Å². The van der Waals surface area contributed by atoms with Crippen LogP contribution in [0.3, 0.4) is 0 Å². The molecule has 0 unspecified atom stereocenters. The van der Waals surface area contributed by atoms with Gasteiger partial charge in [-0.3, -0.25) is 9.79 Å².